The number of aromatic amines is 1. The first-order chi connectivity index (χ1) is 8.67. The van der Waals surface area contributed by atoms with Gasteiger partial charge in [0.05, 0.1) is 23.7 Å². The Bertz CT molecular complexity index is 579. The highest BCUT2D eigenvalue weighted by Crippen LogP contribution is 2.23. The van der Waals surface area contributed by atoms with Crippen molar-refractivity contribution in [1.82, 2.24) is 9.55 Å². The van der Waals surface area contributed by atoms with Gasteiger partial charge in [-0.3, -0.25) is 0 Å². The van der Waals surface area contributed by atoms with Crippen LogP contribution in [0, 0.1) is 11.7 Å². The Morgan fingerprint density at radius 1 is 1.44 bits per heavy atom. The number of benzene rings is 1. The SMILES string of the molecule is CCCC(COC)n1c(=S)[nH]c2ccc(C)cc21. The van der Waals surface area contributed by atoms with E-state index in [1.165, 1.54) is 11.1 Å². The van der Waals surface area contributed by atoms with Crippen molar-refractivity contribution >= 4 is 23.3 Å². The molecule has 0 aliphatic heterocycles. The number of nitrogens with zero attached hydrogens (tertiary/aromatic N) is 1. The lowest BCUT2D eigenvalue weighted by atomic mass is 10.1. The second-order valence-corrected chi connectivity index (χ2v) is 5.11. The van der Waals surface area contributed by atoms with Crippen LogP contribution in [0.25, 0.3) is 11.0 Å². The molecule has 2 aromatic rings. The van der Waals surface area contributed by atoms with E-state index in [1.54, 1.807) is 7.11 Å². The van der Waals surface area contributed by atoms with Gasteiger partial charge in [-0.1, -0.05) is 19.4 Å². The van der Waals surface area contributed by atoms with Gasteiger partial charge in [0.2, 0.25) is 0 Å². The van der Waals surface area contributed by atoms with Crippen LogP contribution in [0.2, 0.25) is 0 Å². The van der Waals surface area contributed by atoms with Crippen molar-refractivity contribution in [1.29, 1.82) is 0 Å². The second-order valence-electron chi connectivity index (χ2n) is 4.72. The van der Waals surface area contributed by atoms with Gasteiger partial charge in [-0.15, -0.1) is 0 Å². The van der Waals surface area contributed by atoms with Crippen molar-refractivity contribution in [2.75, 3.05) is 13.7 Å². The van der Waals surface area contributed by atoms with Gasteiger partial charge in [-0.2, -0.15) is 0 Å². The van der Waals surface area contributed by atoms with Crippen molar-refractivity contribution < 1.29 is 4.74 Å². The quantitative estimate of drug-likeness (QED) is 0.827. The summed E-state index contributed by atoms with van der Waals surface area (Å²) in [5.41, 5.74) is 3.52. The lowest BCUT2D eigenvalue weighted by molar-refractivity contribution is 0.151. The van der Waals surface area contributed by atoms with E-state index in [1.807, 2.05) is 0 Å². The molecule has 98 valence electrons. The third-order valence-electron chi connectivity index (χ3n) is 3.22. The van der Waals surface area contributed by atoms with Gasteiger partial charge >= 0.3 is 0 Å². The van der Waals surface area contributed by atoms with E-state index in [4.69, 9.17) is 17.0 Å². The van der Waals surface area contributed by atoms with E-state index in [-0.39, 0.29) is 0 Å². The molecule has 1 aromatic heterocycles. The molecular formula is C14H20N2OS. The van der Waals surface area contributed by atoms with Crippen molar-refractivity contribution in [3.05, 3.63) is 28.5 Å². The molecule has 0 saturated heterocycles. The molecule has 1 N–H and O–H groups in total. The molecule has 0 aliphatic rings. The molecule has 0 fully saturated rings. The summed E-state index contributed by atoms with van der Waals surface area (Å²) in [4.78, 5) is 3.27. The average Bonchev–Trinajstić information content (AvgIpc) is 2.64. The van der Waals surface area contributed by atoms with Crippen LogP contribution in [-0.2, 0) is 4.74 Å². The number of fused-ring (bicyclic) bond motifs is 1. The molecule has 1 heterocycles. The molecule has 0 aliphatic carbocycles. The van der Waals surface area contributed by atoms with E-state index in [2.05, 4.69) is 41.6 Å². The number of hydrogen-bond acceptors (Lipinski definition) is 2. The number of methoxy groups -OCH3 is 1. The summed E-state index contributed by atoms with van der Waals surface area (Å²) in [6, 6.07) is 6.68. The van der Waals surface area contributed by atoms with Gasteiger partial charge in [-0.05, 0) is 43.3 Å². The minimum absolute atomic E-state index is 0.308. The zero-order chi connectivity index (χ0) is 13.1. The smallest absolute Gasteiger partial charge is 0.178 e. The number of H-pyrrole nitrogens is 1. The lowest BCUT2D eigenvalue weighted by Gasteiger charge is -2.18. The molecule has 1 atom stereocenters. The highest BCUT2D eigenvalue weighted by Gasteiger charge is 2.14. The molecule has 0 spiro atoms. The third-order valence-corrected chi connectivity index (χ3v) is 3.52. The summed E-state index contributed by atoms with van der Waals surface area (Å²) >= 11 is 5.45. The van der Waals surface area contributed by atoms with Crippen molar-refractivity contribution in [3.63, 3.8) is 0 Å². The molecule has 0 amide bonds. The Morgan fingerprint density at radius 2 is 2.22 bits per heavy atom. The van der Waals surface area contributed by atoms with Gasteiger partial charge < -0.3 is 14.3 Å². The topological polar surface area (TPSA) is 29.9 Å². The van der Waals surface area contributed by atoms with Gasteiger partial charge in [0.1, 0.15) is 0 Å². The number of imidazole rings is 1. The third kappa shape index (κ3) is 2.49. The normalized spacial score (nSPS) is 13.1. The summed E-state index contributed by atoms with van der Waals surface area (Å²) in [7, 11) is 1.74. The number of hydrogen-bond donors (Lipinski definition) is 1. The van der Waals surface area contributed by atoms with E-state index in [0.29, 0.717) is 12.6 Å². The number of ether oxygens (including phenoxy) is 1. The van der Waals surface area contributed by atoms with E-state index in [9.17, 15) is 0 Å². The van der Waals surface area contributed by atoms with Crippen LogP contribution in [0.15, 0.2) is 18.2 Å². The second kappa shape index (κ2) is 5.67. The molecule has 18 heavy (non-hydrogen) atoms. The molecular weight excluding hydrogens is 244 g/mol. The summed E-state index contributed by atoms with van der Waals surface area (Å²) in [6.07, 6.45) is 2.19. The minimum Gasteiger partial charge on any atom is -0.383 e. The van der Waals surface area contributed by atoms with Crippen LogP contribution in [0.3, 0.4) is 0 Å². The number of nitrogens with one attached hydrogen (secondary N) is 1. The van der Waals surface area contributed by atoms with Crippen LogP contribution >= 0.6 is 12.2 Å². The average molecular weight is 264 g/mol. The predicted octanol–water partition coefficient (Wildman–Crippen LogP) is 3.99. The summed E-state index contributed by atoms with van der Waals surface area (Å²) in [5, 5.41) is 0. The fraction of sp³-hybridized carbons (Fsp3) is 0.500. The van der Waals surface area contributed by atoms with Crippen LogP contribution < -0.4 is 0 Å². The van der Waals surface area contributed by atoms with Crippen LogP contribution in [0.1, 0.15) is 31.4 Å². The summed E-state index contributed by atoms with van der Waals surface area (Å²) in [6.45, 7) is 4.99. The summed E-state index contributed by atoms with van der Waals surface area (Å²) in [5.74, 6) is 0. The van der Waals surface area contributed by atoms with Crippen molar-refractivity contribution in [3.8, 4) is 0 Å². The maximum absolute atomic E-state index is 5.45. The molecule has 0 radical (unpaired) electrons. The van der Waals surface area contributed by atoms with Crippen LogP contribution in [-0.4, -0.2) is 23.3 Å². The van der Waals surface area contributed by atoms with Gasteiger partial charge in [0.25, 0.3) is 0 Å². The minimum atomic E-state index is 0.308. The first-order valence-corrected chi connectivity index (χ1v) is 6.78. The highest BCUT2D eigenvalue weighted by molar-refractivity contribution is 7.71. The molecule has 4 heteroatoms. The fourth-order valence-corrected chi connectivity index (χ4v) is 2.76. The zero-order valence-corrected chi connectivity index (χ0v) is 12.0. The number of aromatic nitrogens is 2. The Labute approximate surface area is 113 Å². The number of rotatable bonds is 5. The van der Waals surface area contributed by atoms with Crippen molar-refractivity contribution in [2.45, 2.75) is 32.7 Å². The Kier molecular flexibility index (Phi) is 4.19. The molecule has 3 nitrogen and oxygen atoms in total. The molecule has 0 saturated carbocycles. The fourth-order valence-electron chi connectivity index (χ4n) is 2.41. The van der Waals surface area contributed by atoms with Gasteiger partial charge in [0.15, 0.2) is 4.77 Å². The van der Waals surface area contributed by atoms with Gasteiger partial charge in [-0.25, -0.2) is 0 Å². The van der Waals surface area contributed by atoms with Gasteiger partial charge in [0, 0.05) is 7.11 Å². The maximum Gasteiger partial charge on any atom is 0.178 e. The van der Waals surface area contributed by atoms with Crippen LogP contribution in [0.5, 0.6) is 0 Å². The highest BCUT2D eigenvalue weighted by atomic mass is 32.1. The van der Waals surface area contributed by atoms with E-state index < -0.39 is 0 Å². The standard InChI is InChI=1S/C14H20N2OS/c1-4-5-11(9-17-3)16-13-8-10(2)6-7-12(13)15-14(16)18/h6-8,11H,4-5,9H2,1-3H3,(H,15,18). The van der Waals surface area contributed by atoms with E-state index in [0.717, 1.165) is 23.1 Å². The Hall–Kier alpha value is -1.13. The van der Waals surface area contributed by atoms with Crippen LogP contribution in [0.4, 0.5) is 0 Å². The molecule has 0 bridgehead atoms. The molecule has 1 unspecified atom stereocenters. The monoisotopic (exact) mass is 264 g/mol. The lowest BCUT2D eigenvalue weighted by Crippen LogP contribution is -2.14. The Morgan fingerprint density at radius 3 is 2.89 bits per heavy atom. The molecule has 2 rings (SSSR count). The molecule has 1 aromatic carbocycles. The predicted molar refractivity (Wildman–Crippen MR) is 77.7 cm³/mol. The van der Waals surface area contributed by atoms with E-state index >= 15 is 0 Å². The maximum atomic E-state index is 5.45. The zero-order valence-electron chi connectivity index (χ0n) is 11.2. The first kappa shape index (κ1) is 13.3. The Balaban J connectivity index is 2.56. The largest absolute Gasteiger partial charge is 0.383 e. The first-order valence-electron chi connectivity index (χ1n) is 6.37. The summed E-state index contributed by atoms with van der Waals surface area (Å²) < 4.78 is 8.32. The van der Waals surface area contributed by atoms with Crippen molar-refractivity contribution in [2.24, 2.45) is 0 Å². The number of aryl methyl sites for hydroxylation is 1.